The van der Waals surface area contributed by atoms with Crippen molar-refractivity contribution in [1.82, 2.24) is 0 Å². The Labute approximate surface area is 181 Å². The van der Waals surface area contributed by atoms with Crippen LogP contribution in [0.5, 0.6) is 17.2 Å². The number of esters is 1. The van der Waals surface area contributed by atoms with Gasteiger partial charge in [-0.3, -0.25) is 4.79 Å². The summed E-state index contributed by atoms with van der Waals surface area (Å²) in [6.07, 6.45) is 3.80. The molecule has 7 heteroatoms. The van der Waals surface area contributed by atoms with Crippen molar-refractivity contribution in [3.8, 4) is 17.2 Å². The molecule has 1 aliphatic heterocycles. The number of anilines is 1. The Bertz CT molecular complexity index is 969. The lowest BCUT2D eigenvalue weighted by Crippen LogP contribution is -2.20. The summed E-state index contributed by atoms with van der Waals surface area (Å²) in [5, 5.41) is 2.68. The highest BCUT2D eigenvalue weighted by Gasteiger charge is 2.21. The third-order valence-electron chi connectivity index (χ3n) is 4.53. The SMILES string of the molecule is CCOc1cc2c(cc1/C=C/C(=O)OCC(=O)Nc1ccccc1OCC)O[C@@H](C)C2. The van der Waals surface area contributed by atoms with Crippen LogP contribution in [0, 0.1) is 0 Å². The van der Waals surface area contributed by atoms with Gasteiger partial charge in [0.05, 0.1) is 18.9 Å². The van der Waals surface area contributed by atoms with Crippen LogP contribution in [0.25, 0.3) is 6.08 Å². The molecule has 0 radical (unpaired) electrons. The molecule has 1 aliphatic rings. The summed E-state index contributed by atoms with van der Waals surface area (Å²) >= 11 is 0. The van der Waals surface area contributed by atoms with Crippen molar-refractivity contribution in [2.24, 2.45) is 0 Å². The number of nitrogens with one attached hydrogen (secondary N) is 1. The highest BCUT2D eigenvalue weighted by Crippen LogP contribution is 2.35. The van der Waals surface area contributed by atoms with Gasteiger partial charge in [-0.1, -0.05) is 12.1 Å². The summed E-state index contributed by atoms with van der Waals surface area (Å²) in [5.74, 6) is 0.931. The molecule has 3 rings (SSSR count). The summed E-state index contributed by atoms with van der Waals surface area (Å²) in [6.45, 7) is 6.33. The van der Waals surface area contributed by atoms with Crippen LogP contribution >= 0.6 is 0 Å². The summed E-state index contributed by atoms with van der Waals surface area (Å²) < 4.78 is 22.0. The van der Waals surface area contributed by atoms with Crippen LogP contribution in [-0.2, 0) is 20.7 Å². The zero-order chi connectivity index (χ0) is 22.2. The van der Waals surface area contributed by atoms with E-state index in [9.17, 15) is 9.59 Å². The number of para-hydroxylation sites is 2. The van der Waals surface area contributed by atoms with Gasteiger partial charge < -0.3 is 24.3 Å². The molecule has 2 aromatic carbocycles. The first kappa shape index (κ1) is 22.2. The number of amides is 1. The summed E-state index contributed by atoms with van der Waals surface area (Å²) in [6, 6.07) is 10.9. The number of carbonyl (C=O) groups is 2. The van der Waals surface area contributed by atoms with Crippen LogP contribution in [0.3, 0.4) is 0 Å². The summed E-state index contributed by atoms with van der Waals surface area (Å²) in [4.78, 5) is 24.3. The number of rotatable bonds is 9. The first-order valence-corrected chi connectivity index (χ1v) is 10.3. The smallest absolute Gasteiger partial charge is 0.331 e. The first-order chi connectivity index (χ1) is 15.0. The van der Waals surface area contributed by atoms with E-state index in [1.54, 1.807) is 24.3 Å². The quantitative estimate of drug-likeness (QED) is 0.483. The molecule has 0 bridgehead atoms. The predicted molar refractivity (Wildman–Crippen MR) is 118 cm³/mol. The molecule has 0 saturated carbocycles. The second-order valence-corrected chi connectivity index (χ2v) is 6.98. The first-order valence-electron chi connectivity index (χ1n) is 10.3. The van der Waals surface area contributed by atoms with Gasteiger partial charge in [0.15, 0.2) is 6.61 Å². The van der Waals surface area contributed by atoms with Crippen LogP contribution < -0.4 is 19.5 Å². The highest BCUT2D eigenvalue weighted by molar-refractivity contribution is 5.95. The number of hydrogen-bond acceptors (Lipinski definition) is 6. The number of benzene rings is 2. The fourth-order valence-corrected chi connectivity index (χ4v) is 3.25. The molecule has 0 fully saturated rings. The number of fused-ring (bicyclic) bond motifs is 1. The minimum Gasteiger partial charge on any atom is -0.493 e. The molecule has 0 aromatic heterocycles. The second-order valence-electron chi connectivity index (χ2n) is 6.98. The Morgan fingerprint density at radius 3 is 2.65 bits per heavy atom. The van der Waals surface area contributed by atoms with Gasteiger partial charge in [-0.05, 0) is 51.1 Å². The molecule has 0 saturated heterocycles. The minimum absolute atomic E-state index is 0.111. The Morgan fingerprint density at radius 2 is 1.87 bits per heavy atom. The molecule has 0 aliphatic carbocycles. The van der Waals surface area contributed by atoms with Gasteiger partial charge in [-0.25, -0.2) is 4.79 Å². The van der Waals surface area contributed by atoms with E-state index in [2.05, 4.69) is 5.32 Å². The Hall–Kier alpha value is -3.48. The average Bonchev–Trinajstić information content (AvgIpc) is 3.11. The molecule has 1 amide bonds. The monoisotopic (exact) mass is 425 g/mol. The topological polar surface area (TPSA) is 83.1 Å². The molecular weight excluding hydrogens is 398 g/mol. The lowest BCUT2D eigenvalue weighted by Gasteiger charge is -2.11. The number of carbonyl (C=O) groups excluding carboxylic acids is 2. The third-order valence-corrected chi connectivity index (χ3v) is 4.53. The fourth-order valence-electron chi connectivity index (χ4n) is 3.25. The van der Waals surface area contributed by atoms with Crippen molar-refractivity contribution >= 4 is 23.6 Å². The molecular formula is C24H27NO6. The van der Waals surface area contributed by atoms with Crippen LogP contribution in [0.15, 0.2) is 42.5 Å². The van der Waals surface area contributed by atoms with E-state index < -0.39 is 18.5 Å². The van der Waals surface area contributed by atoms with E-state index in [4.69, 9.17) is 18.9 Å². The van der Waals surface area contributed by atoms with Crippen molar-refractivity contribution < 1.29 is 28.5 Å². The number of hydrogen-bond donors (Lipinski definition) is 1. The zero-order valence-corrected chi connectivity index (χ0v) is 18.0. The van der Waals surface area contributed by atoms with Crippen LogP contribution in [0.2, 0.25) is 0 Å². The van der Waals surface area contributed by atoms with Crippen LogP contribution in [-0.4, -0.2) is 37.8 Å². The van der Waals surface area contributed by atoms with Crippen LogP contribution in [0.1, 0.15) is 31.9 Å². The molecule has 164 valence electrons. The highest BCUT2D eigenvalue weighted by atomic mass is 16.5. The maximum Gasteiger partial charge on any atom is 0.331 e. The van der Waals surface area contributed by atoms with Gasteiger partial charge in [0.1, 0.15) is 23.4 Å². The Kier molecular flexibility index (Phi) is 7.54. The van der Waals surface area contributed by atoms with E-state index in [-0.39, 0.29) is 6.10 Å². The lowest BCUT2D eigenvalue weighted by atomic mass is 10.1. The van der Waals surface area contributed by atoms with Gasteiger partial charge in [-0.15, -0.1) is 0 Å². The van der Waals surface area contributed by atoms with Gasteiger partial charge in [0, 0.05) is 23.6 Å². The van der Waals surface area contributed by atoms with Crippen molar-refractivity contribution in [2.75, 3.05) is 25.1 Å². The molecule has 7 nitrogen and oxygen atoms in total. The fraction of sp³-hybridized carbons (Fsp3) is 0.333. The molecule has 1 heterocycles. The maximum atomic E-state index is 12.1. The normalized spacial score (nSPS) is 14.6. The van der Waals surface area contributed by atoms with Crippen molar-refractivity contribution in [2.45, 2.75) is 33.3 Å². The Balaban J connectivity index is 1.59. The van der Waals surface area contributed by atoms with E-state index in [1.807, 2.05) is 39.0 Å². The van der Waals surface area contributed by atoms with Gasteiger partial charge in [0.25, 0.3) is 5.91 Å². The van der Waals surface area contributed by atoms with Crippen LogP contribution in [0.4, 0.5) is 5.69 Å². The Morgan fingerprint density at radius 1 is 1.13 bits per heavy atom. The standard InChI is InChI=1S/C24H27NO6/c1-4-28-20-9-7-6-8-19(20)25-23(26)15-30-24(27)11-10-17-13-22-18(12-16(3)31-22)14-21(17)29-5-2/h6-11,13-14,16H,4-5,12,15H2,1-3H3,(H,25,26)/b11-10+/t16-/m0/s1. The van der Waals surface area contributed by atoms with Gasteiger partial charge >= 0.3 is 5.97 Å². The van der Waals surface area contributed by atoms with E-state index in [0.29, 0.717) is 36.0 Å². The minimum atomic E-state index is -0.634. The third kappa shape index (κ3) is 6.01. The van der Waals surface area contributed by atoms with E-state index in [0.717, 1.165) is 17.7 Å². The van der Waals surface area contributed by atoms with Gasteiger partial charge in [0.2, 0.25) is 0 Å². The van der Waals surface area contributed by atoms with E-state index in [1.165, 1.54) is 6.08 Å². The van der Waals surface area contributed by atoms with Crippen molar-refractivity contribution in [1.29, 1.82) is 0 Å². The molecule has 1 atom stereocenters. The summed E-state index contributed by atoms with van der Waals surface area (Å²) in [7, 11) is 0. The molecule has 2 aromatic rings. The van der Waals surface area contributed by atoms with Crippen molar-refractivity contribution in [3.63, 3.8) is 0 Å². The zero-order valence-electron chi connectivity index (χ0n) is 18.0. The largest absolute Gasteiger partial charge is 0.493 e. The molecule has 31 heavy (non-hydrogen) atoms. The van der Waals surface area contributed by atoms with E-state index >= 15 is 0 Å². The average molecular weight is 425 g/mol. The predicted octanol–water partition coefficient (Wildman–Crippen LogP) is 4.00. The lowest BCUT2D eigenvalue weighted by molar-refractivity contribution is -0.142. The summed E-state index contributed by atoms with van der Waals surface area (Å²) in [5.41, 5.74) is 2.32. The second kappa shape index (κ2) is 10.5. The number of ether oxygens (including phenoxy) is 4. The maximum absolute atomic E-state index is 12.1. The van der Waals surface area contributed by atoms with Gasteiger partial charge in [-0.2, -0.15) is 0 Å². The molecule has 1 N–H and O–H groups in total. The molecule has 0 spiro atoms. The molecule has 0 unspecified atom stereocenters. The van der Waals surface area contributed by atoms with Crippen molar-refractivity contribution in [3.05, 3.63) is 53.6 Å².